The molecule has 0 saturated heterocycles. The Hall–Kier alpha value is -2.83. The lowest BCUT2D eigenvalue weighted by Crippen LogP contribution is -2.43. The second-order valence-corrected chi connectivity index (χ2v) is 7.94. The molecule has 4 heterocycles. The van der Waals surface area contributed by atoms with Gasteiger partial charge in [-0.3, -0.25) is 9.59 Å². The number of rotatable bonds is 4. The van der Waals surface area contributed by atoms with Crippen LogP contribution in [0.4, 0.5) is 11.5 Å². The van der Waals surface area contributed by atoms with Crippen molar-refractivity contribution in [3.63, 3.8) is 0 Å². The van der Waals surface area contributed by atoms with E-state index in [4.69, 9.17) is 0 Å². The first kappa shape index (κ1) is 17.3. The maximum atomic E-state index is 13.4. The summed E-state index contributed by atoms with van der Waals surface area (Å²) in [6.07, 6.45) is 6.92. The second-order valence-electron chi connectivity index (χ2n) is 7.94. The smallest absolute Gasteiger partial charge is 0.256 e. The molecule has 2 aromatic heterocycles. The molecule has 5 rings (SSSR count). The number of amides is 2. The molecular weight excluding hydrogens is 354 g/mol. The van der Waals surface area contributed by atoms with Crippen molar-refractivity contribution in [2.45, 2.75) is 38.8 Å². The lowest BCUT2D eigenvalue weighted by atomic mass is 10.0. The zero-order chi connectivity index (χ0) is 19.3. The molecule has 1 N–H and O–H groups in total. The van der Waals surface area contributed by atoms with Crippen LogP contribution in [0.1, 0.15) is 48.3 Å². The van der Waals surface area contributed by atoms with Gasteiger partial charge in [-0.25, -0.2) is 4.98 Å². The number of carbonyl (C=O) groups excluding carboxylic acids is 2. The summed E-state index contributed by atoms with van der Waals surface area (Å²) in [4.78, 5) is 34.0. The van der Waals surface area contributed by atoms with Crippen LogP contribution in [0, 0.1) is 5.92 Å². The van der Waals surface area contributed by atoms with Gasteiger partial charge in [0, 0.05) is 37.7 Å². The van der Waals surface area contributed by atoms with Crippen LogP contribution in [0.5, 0.6) is 0 Å². The van der Waals surface area contributed by atoms with Crippen molar-refractivity contribution in [2.24, 2.45) is 5.92 Å². The number of aromatic nitrogens is 2. The zero-order valence-electron chi connectivity index (χ0n) is 16.1. The van der Waals surface area contributed by atoms with Crippen molar-refractivity contribution in [2.75, 3.05) is 29.9 Å². The number of fused-ring (bicyclic) bond motifs is 2. The van der Waals surface area contributed by atoms with Crippen molar-refractivity contribution in [3.05, 3.63) is 41.9 Å². The summed E-state index contributed by atoms with van der Waals surface area (Å²) in [5, 5.41) is 3.08. The molecule has 2 amide bonds. The van der Waals surface area contributed by atoms with E-state index in [-0.39, 0.29) is 24.4 Å². The van der Waals surface area contributed by atoms with Crippen molar-refractivity contribution < 1.29 is 9.59 Å². The third-order valence-electron chi connectivity index (χ3n) is 6.06. The van der Waals surface area contributed by atoms with Gasteiger partial charge in [0.15, 0.2) is 0 Å². The molecule has 3 aliphatic rings. The fourth-order valence-electron chi connectivity index (χ4n) is 4.36. The van der Waals surface area contributed by atoms with Gasteiger partial charge in [-0.05, 0) is 43.4 Å². The monoisotopic (exact) mass is 379 g/mol. The average Bonchev–Trinajstić information content (AvgIpc) is 3.41. The van der Waals surface area contributed by atoms with E-state index in [0.29, 0.717) is 23.8 Å². The van der Waals surface area contributed by atoms with Crippen LogP contribution < -0.4 is 10.2 Å². The Kier molecular flexibility index (Phi) is 4.10. The molecule has 1 aliphatic carbocycles. The van der Waals surface area contributed by atoms with Gasteiger partial charge in [0.1, 0.15) is 5.82 Å². The van der Waals surface area contributed by atoms with Gasteiger partial charge in [0.05, 0.1) is 23.8 Å². The summed E-state index contributed by atoms with van der Waals surface area (Å²) in [5.74, 6) is 1.30. The lowest BCUT2D eigenvalue weighted by molar-refractivity contribution is -0.117. The minimum Gasteiger partial charge on any atom is -0.359 e. The molecule has 2 aromatic rings. The van der Waals surface area contributed by atoms with Gasteiger partial charge < -0.3 is 19.7 Å². The number of hydrogen-bond acceptors (Lipinski definition) is 4. The van der Waals surface area contributed by atoms with Gasteiger partial charge in [-0.1, -0.05) is 6.92 Å². The number of nitrogens with zero attached hydrogens (tertiary/aromatic N) is 4. The zero-order valence-corrected chi connectivity index (χ0v) is 16.1. The molecular formula is C21H25N5O2. The van der Waals surface area contributed by atoms with Crippen LogP contribution in [0.3, 0.4) is 0 Å². The summed E-state index contributed by atoms with van der Waals surface area (Å²) in [5.41, 5.74) is 2.47. The summed E-state index contributed by atoms with van der Waals surface area (Å²) in [7, 11) is 0. The Morgan fingerprint density at radius 1 is 1.32 bits per heavy atom. The summed E-state index contributed by atoms with van der Waals surface area (Å²) < 4.78 is 2.23. The molecule has 0 spiro atoms. The second kappa shape index (κ2) is 6.65. The first-order valence-corrected chi connectivity index (χ1v) is 10.2. The molecule has 7 heteroatoms. The third-order valence-corrected chi connectivity index (χ3v) is 6.06. The number of nitrogens with one attached hydrogen (secondary N) is 1. The summed E-state index contributed by atoms with van der Waals surface area (Å²) in [6.45, 7) is 4.58. The predicted octanol–water partition coefficient (Wildman–Crippen LogP) is 2.66. The third kappa shape index (κ3) is 2.85. The Morgan fingerprint density at radius 2 is 2.18 bits per heavy atom. The maximum absolute atomic E-state index is 13.4. The van der Waals surface area contributed by atoms with Gasteiger partial charge in [-0.2, -0.15) is 0 Å². The number of carbonyl (C=O) groups is 2. The van der Waals surface area contributed by atoms with Crippen LogP contribution in [0.25, 0.3) is 0 Å². The molecule has 1 unspecified atom stereocenters. The Labute approximate surface area is 164 Å². The van der Waals surface area contributed by atoms with Crippen LogP contribution in [0.2, 0.25) is 0 Å². The quantitative estimate of drug-likeness (QED) is 0.887. The minimum atomic E-state index is -0.0148. The Morgan fingerprint density at radius 3 is 2.96 bits per heavy atom. The van der Waals surface area contributed by atoms with E-state index in [1.54, 1.807) is 6.20 Å². The van der Waals surface area contributed by atoms with Crippen molar-refractivity contribution in [1.82, 2.24) is 14.5 Å². The normalized spacial score (nSPS) is 21.2. The molecule has 1 saturated carbocycles. The molecule has 28 heavy (non-hydrogen) atoms. The molecule has 2 aliphatic heterocycles. The van der Waals surface area contributed by atoms with Crippen LogP contribution >= 0.6 is 0 Å². The predicted molar refractivity (Wildman–Crippen MR) is 106 cm³/mol. The van der Waals surface area contributed by atoms with Gasteiger partial charge >= 0.3 is 0 Å². The Balaban J connectivity index is 1.46. The van der Waals surface area contributed by atoms with E-state index in [1.807, 2.05) is 21.9 Å². The SMILES string of the molecule is CCC1c2cccn2CCN1C(=O)c1cnc2c(c1)N(CC1CC1)C(=O)CN2. The molecule has 0 aromatic carbocycles. The average molecular weight is 379 g/mol. The fourth-order valence-corrected chi connectivity index (χ4v) is 4.36. The van der Waals surface area contributed by atoms with E-state index in [2.05, 4.69) is 34.1 Å². The van der Waals surface area contributed by atoms with Crippen molar-refractivity contribution >= 4 is 23.3 Å². The van der Waals surface area contributed by atoms with Crippen LogP contribution in [-0.2, 0) is 11.3 Å². The summed E-state index contributed by atoms with van der Waals surface area (Å²) in [6, 6.07) is 6.05. The number of hydrogen-bond donors (Lipinski definition) is 1. The largest absolute Gasteiger partial charge is 0.359 e. The molecule has 7 nitrogen and oxygen atoms in total. The van der Waals surface area contributed by atoms with Crippen LogP contribution in [0.15, 0.2) is 30.6 Å². The lowest BCUT2D eigenvalue weighted by Gasteiger charge is -2.37. The highest BCUT2D eigenvalue weighted by Gasteiger charge is 2.34. The van der Waals surface area contributed by atoms with Gasteiger partial charge in [-0.15, -0.1) is 0 Å². The van der Waals surface area contributed by atoms with Crippen molar-refractivity contribution in [1.29, 1.82) is 0 Å². The standard InChI is InChI=1S/C21H25N5O2/c1-2-16-17-4-3-7-24(17)8-9-25(16)21(28)15-10-18-20(22-11-15)23-12-19(27)26(18)13-14-5-6-14/h3-4,7,10-11,14,16H,2,5-6,8-9,12-13H2,1H3,(H,22,23). The number of anilines is 2. The maximum Gasteiger partial charge on any atom is 0.256 e. The van der Waals surface area contributed by atoms with Gasteiger partial charge in [0.2, 0.25) is 5.91 Å². The minimum absolute atomic E-state index is 0.0148. The molecule has 1 atom stereocenters. The van der Waals surface area contributed by atoms with Crippen LogP contribution in [-0.4, -0.2) is 45.9 Å². The molecule has 0 bridgehead atoms. The highest BCUT2D eigenvalue weighted by Crippen LogP contribution is 2.36. The molecule has 0 radical (unpaired) electrons. The van der Waals surface area contributed by atoms with Gasteiger partial charge in [0.25, 0.3) is 5.91 Å². The summed E-state index contributed by atoms with van der Waals surface area (Å²) >= 11 is 0. The highest BCUT2D eigenvalue weighted by molar-refractivity contribution is 6.04. The van der Waals surface area contributed by atoms with E-state index in [1.165, 1.54) is 18.5 Å². The highest BCUT2D eigenvalue weighted by atomic mass is 16.2. The Bertz CT molecular complexity index is 933. The topological polar surface area (TPSA) is 70.5 Å². The van der Waals surface area contributed by atoms with E-state index >= 15 is 0 Å². The molecule has 146 valence electrons. The molecule has 1 fully saturated rings. The fraction of sp³-hybridized carbons (Fsp3) is 0.476. The first-order valence-electron chi connectivity index (χ1n) is 10.2. The first-order chi connectivity index (χ1) is 13.7. The van der Waals surface area contributed by atoms with E-state index < -0.39 is 0 Å². The van der Waals surface area contributed by atoms with Crippen molar-refractivity contribution in [3.8, 4) is 0 Å². The van der Waals surface area contributed by atoms with E-state index in [0.717, 1.165) is 25.2 Å². The van der Waals surface area contributed by atoms with E-state index in [9.17, 15) is 9.59 Å². The number of pyridine rings is 1.